The van der Waals surface area contributed by atoms with Crippen molar-refractivity contribution in [2.45, 2.75) is 13.0 Å². The van der Waals surface area contributed by atoms with E-state index in [1.165, 1.54) is 13.0 Å². The summed E-state index contributed by atoms with van der Waals surface area (Å²) < 4.78 is 0. The Kier molecular flexibility index (Phi) is 4.25. The van der Waals surface area contributed by atoms with E-state index in [0.29, 0.717) is 32.6 Å². The maximum atomic E-state index is 13.0. The number of ketones is 1. The van der Waals surface area contributed by atoms with Crippen molar-refractivity contribution in [1.82, 2.24) is 0 Å². The Morgan fingerprint density at radius 3 is 2.41 bits per heavy atom. The number of carbonyl (C=O) groups excluding carboxylic acids is 3. The van der Waals surface area contributed by atoms with Crippen LogP contribution in [0, 0.1) is 5.92 Å². The predicted octanol–water partition coefficient (Wildman–Crippen LogP) is 3.49. The minimum absolute atomic E-state index is 0.104. The number of benzene rings is 2. The number of halogens is 2. The van der Waals surface area contributed by atoms with Crippen molar-refractivity contribution in [3.63, 3.8) is 0 Å². The molecule has 0 radical (unpaired) electrons. The van der Waals surface area contributed by atoms with Crippen molar-refractivity contribution in [2.24, 2.45) is 11.1 Å². The molecule has 0 spiro atoms. The third kappa shape index (κ3) is 2.81. The number of Topliss-reactive ketones (excluding diaryl/α,β-unsaturated/α-hetero) is 1. The van der Waals surface area contributed by atoms with E-state index in [1.54, 1.807) is 36.4 Å². The quantitative estimate of drug-likeness (QED) is 0.581. The summed E-state index contributed by atoms with van der Waals surface area (Å²) in [6, 6.07) is 11.0. The molecule has 2 aliphatic heterocycles. The van der Waals surface area contributed by atoms with Gasteiger partial charge in [0, 0.05) is 16.1 Å². The third-order valence-electron chi connectivity index (χ3n) is 4.55. The lowest BCUT2D eigenvalue weighted by Gasteiger charge is -2.16. The van der Waals surface area contributed by atoms with Gasteiger partial charge in [-0.25, -0.2) is 4.90 Å². The van der Waals surface area contributed by atoms with E-state index in [1.807, 2.05) is 0 Å². The van der Waals surface area contributed by atoms with Gasteiger partial charge in [-0.2, -0.15) is 0 Å². The van der Waals surface area contributed by atoms with Crippen LogP contribution in [0.1, 0.15) is 22.8 Å². The molecule has 0 aromatic heterocycles. The molecule has 2 aromatic carbocycles. The number of amides is 2. The molecule has 6 nitrogen and oxygen atoms in total. The zero-order valence-electron chi connectivity index (χ0n) is 14.0. The van der Waals surface area contributed by atoms with Crippen molar-refractivity contribution in [3.05, 3.63) is 63.6 Å². The number of rotatable bonds is 3. The average molecular weight is 403 g/mol. The molecule has 136 valence electrons. The summed E-state index contributed by atoms with van der Waals surface area (Å²) in [6.07, 6.45) is -1.04. The van der Waals surface area contributed by atoms with Crippen LogP contribution in [0.4, 0.5) is 5.69 Å². The summed E-state index contributed by atoms with van der Waals surface area (Å²) in [4.78, 5) is 43.4. The Labute approximate surface area is 164 Å². The molecule has 2 amide bonds. The second-order valence-electron chi connectivity index (χ2n) is 6.22. The number of oxime groups is 1. The molecule has 2 atom stereocenters. The van der Waals surface area contributed by atoms with Crippen LogP contribution in [0.2, 0.25) is 10.0 Å². The predicted molar refractivity (Wildman–Crippen MR) is 100 cm³/mol. The number of nitrogens with zero attached hydrogens (tertiary/aromatic N) is 2. The molecular formula is C19H12Cl2N2O4. The molecule has 0 aliphatic carbocycles. The first-order chi connectivity index (χ1) is 12.9. The van der Waals surface area contributed by atoms with E-state index in [-0.39, 0.29) is 5.78 Å². The fraction of sp³-hybridized carbons (Fsp3) is 0.158. The summed E-state index contributed by atoms with van der Waals surface area (Å²) in [5, 5.41) is 4.68. The molecule has 0 saturated carbocycles. The van der Waals surface area contributed by atoms with Crippen LogP contribution < -0.4 is 4.90 Å². The highest BCUT2D eigenvalue weighted by Crippen LogP contribution is 2.37. The minimum Gasteiger partial charge on any atom is -0.381 e. The van der Waals surface area contributed by atoms with Gasteiger partial charge >= 0.3 is 0 Å². The molecule has 2 heterocycles. The number of fused-ring (bicyclic) bond motifs is 1. The van der Waals surface area contributed by atoms with Gasteiger partial charge in [0.25, 0.3) is 5.91 Å². The molecule has 4 rings (SSSR count). The van der Waals surface area contributed by atoms with E-state index in [9.17, 15) is 14.4 Å². The van der Waals surface area contributed by atoms with Crippen molar-refractivity contribution in [1.29, 1.82) is 0 Å². The number of imide groups is 1. The minimum atomic E-state index is -1.04. The number of anilines is 1. The van der Waals surface area contributed by atoms with Crippen molar-refractivity contribution < 1.29 is 19.2 Å². The van der Waals surface area contributed by atoms with Crippen LogP contribution in [0.3, 0.4) is 0 Å². The molecule has 0 unspecified atom stereocenters. The summed E-state index contributed by atoms with van der Waals surface area (Å²) in [7, 11) is 0. The van der Waals surface area contributed by atoms with Crippen molar-refractivity contribution in [3.8, 4) is 0 Å². The van der Waals surface area contributed by atoms with Gasteiger partial charge in [0.1, 0.15) is 11.6 Å². The molecule has 1 saturated heterocycles. The van der Waals surface area contributed by atoms with E-state index in [2.05, 4.69) is 5.16 Å². The number of hydrogen-bond donors (Lipinski definition) is 0. The fourth-order valence-corrected chi connectivity index (χ4v) is 3.70. The number of hydrogen-bond acceptors (Lipinski definition) is 5. The molecule has 0 bridgehead atoms. The van der Waals surface area contributed by atoms with Crippen LogP contribution in [-0.2, 0) is 14.4 Å². The molecule has 0 N–H and O–H groups in total. The third-order valence-corrected chi connectivity index (χ3v) is 5.10. The van der Waals surface area contributed by atoms with Gasteiger partial charge in [0.05, 0.1) is 10.7 Å². The monoisotopic (exact) mass is 402 g/mol. The smallest absolute Gasteiger partial charge is 0.278 e. The molecule has 2 aromatic rings. The van der Waals surface area contributed by atoms with Crippen molar-refractivity contribution >= 4 is 52.2 Å². The standard InChI is InChI=1S/C19H12Cl2N2O4/c1-9(24)10-2-5-12(6-3-10)23-18(25)15-16(22-27-17(15)19(23)26)13-7-4-11(20)8-14(13)21/h2-8,15,17H,1H3/t15-,17+/m0/s1. The lowest BCUT2D eigenvalue weighted by Crippen LogP contribution is -2.33. The Balaban J connectivity index is 1.69. The van der Waals surface area contributed by atoms with E-state index in [4.69, 9.17) is 28.0 Å². The van der Waals surface area contributed by atoms with Gasteiger partial charge in [-0.3, -0.25) is 14.4 Å². The first-order valence-corrected chi connectivity index (χ1v) is 8.82. The maximum Gasteiger partial charge on any atom is 0.278 e. The lowest BCUT2D eigenvalue weighted by molar-refractivity contribution is -0.126. The zero-order chi connectivity index (χ0) is 19.3. The summed E-state index contributed by atoms with van der Waals surface area (Å²) in [5.41, 5.74) is 1.64. The van der Waals surface area contributed by atoms with Crippen LogP contribution >= 0.6 is 23.2 Å². The summed E-state index contributed by atoms with van der Waals surface area (Å²) in [5.74, 6) is -1.96. The van der Waals surface area contributed by atoms with Crippen LogP contribution in [0.5, 0.6) is 0 Å². The summed E-state index contributed by atoms with van der Waals surface area (Å²) >= 11 is 12.1. The van der Waals surface area contributed by atoms with Crippen molar-refractivity contribution in [2.75, 3.05) is 4.90 Å². The zero-order valence-corrected chi connectivity index (χ0v) is 15.5. The first kappa shape index (κ1) is 17.7. The van der Waals surface area contributed by atoms with E-state index >= 15 is 0 Å². The Bertz CT molecular complexity index is 1020. The van der Waals surface area contributed by atoms with Crippen LogP contribution in [-0.4, -0.2) is 29.4 Å². The summed E-state index contributed by atoms with van der Waals surface area (Å²) in [6.45, 7) is 1.44. The Morgan fingerprint density at radius 1 is 1.07 bits per heavy atom. The second kappa shape index (κ2) is 6.48. The van der Waals surface area contributed by atoms with Gasteiger partial charge in [0.2, 0.25) is 12.0 Å². The van der Waals surface area contributed by atoms with Gasteiger partial charge in [-0.15, -0.1) is 0 Å². The number of carbonyl (C=O) groups is 3. The van der Waals surface area contributed by atoms with E-state index < -0.39 is 23.8 Å². The molecule has 8 heteroatoms. The SMILES string of the molecule is CC(=O)c1ccc(N2C(=O)[C@H]3C(c4ccc(Cl)cc4Cl)=NO[C@H]3C2=O)cc1. The molecule has 27 heavy (non-hydrogen) atoms. The highest BCUT2D eigenvalue weighted by Gasteiger charge is 2.56. The van der Waals surface area contributed by atoms with Crippen LogP contribution in [0.25, 0.3) is 0 Å². The Morgan fingerprint density at radius 2 is 1.78 bits per heavy atom. The Hall–Kier alpha value is -2.70. The van der Waals surface area contributed by atoms with Gasteiger partial charge in [-0.1, -0.05) is 34.4 Å². The van der Waals surface area contributed by atoms with E-state index in [0.717, 1.165) is 4.90 Å². The first-order valence-electron chi connectivity index (χ1n) is 8.06. The average Bonchev–Trinajstić information content (AvgIpc) is 3.16. The lowest BCUT2D eigenvalue weighted by atomic mass is 9.94. The van der Waals surface area contributed by atoms with Crippen LogP contribution in [0.15, 0.2) is 47.6 Å². The maximum absolute atomic E-state index is 13.0. The van der Waals surface area contributed by atoms with Gasteiger partial charge in [0.15, 0.2) is 5.78 Å². The highest BCUT2D eigenvalue weighted by atomic mass is 35.5. The van der Waals surface area contributed by atoms with Gasteiger partial charge < -0.3 is 4.84 Å². The second-order valence-corrected chi connectivity index (χ2v) is 7.06. The topological polar surface area (TPSA) is 76.0 Å². The molecular weight excluding hydrogens is 391 g/mol. The molecule has 1 fully saturated rings. The molecule has 2 aliphatic rings. The normalized spacial score (nSPS) is 21.1. The largest absolute Gasteiger partial charge is 0.381 e. The highest BCUT2D eigenvalue weighted by molar-refractivity contribution is 6.39. The fourth-order valence-electron chi connectivity index (χ4n) is 3.20. The van der Waals surface area contributed by atoms with Gasteiger partial charge in [-0.05, 0) is 43.3 Å².